The van der Waals surface area contributed by atoms with Crippen LogP contribution in [0.1, 0.15) is 53.7 Å². The lowest BCUT2D eigenvalue weighted by Gasteiger charge is -2.20. The summed E-state index contributed by atoms with van der Waals surface area (Å²) >= 11 is 0. The van der Waals surface area contributed by atoms with Gasteiger partial charge >= 0.3 is 12.1 Å². The van der Waals surface area contributed by atoms with Crippen LogP contribution in [0.4, 0.5) is 18.9 Å². The summed E-state index contributed by atoms with van der Waals surface area (Å²) in [5.41, 5.74) is 1.77. The molecular weight excluding hydrogens is 461 g/mol. The molecule has 1 heterocycles. The Morgan fingerprint density at radius 2 is 1.63 bits per heavy atom. The first-order chi connectivity index (χ1) is 16.7. The largest absolute Gasteiger partial charge is 0.481 e. The topological polar surface area (TPSA) is 104 Å². The van der Waals surface area contributed by atoms with Gasteiger partial charge in [-0.1, -0.05) is 37.6 Å². The number of anilines is 1. The first-order valence-corrected chi connectivity index (χ1v) is 11.0. The minimum absolute atomic E-state index is 0.0540. The van der Waals surface area contributed by atoms with Gasteiger partial charge in [-0.15, -0.1) is 0 Å². The first-order valence-electron chi connectivity index (χ1n) is 11.0. The number of hydrogen-bond donors (Lipinski definition) is 3. The summed E-state index contributed by atoms with van der Waals surface area (Å²) in [6, 6.07) is 11.6. The monoisotopic (exact) mass is 486 g/mol. The number of rotatable bonds is 10. The van der Waals surface area contributed by atoms with Gasteiger partial charge in [-0.3, -0.25) is 9.59 Å². The Bertz CT molecular complexity index is 1130. The third-order valence-electron chi connectivity index (χ3n) is 5.24. The minimum Gasteiger partial charge on any atom is -0.481 e. The number of carboxylic acids is 1. The molecule has 3 aromatic rings. The van der Waals surface area contributed by atoms with Crippen LogP contribution < -0.4 is 10.6 Å². The van der Waals surface area contributed by atoms with E-state index in [0.717, 1.165) is 30.5 Å². The van der Waals surface area contributed by atoms with E-state index in [4.69, 9.17) is 5.11 Å². The zero-order valence-electron chi connectivity index (χ0n) is 19.0. The van der Waals surface area contributed by atoms with Crippen molar-refractivity contribution < 1.29 is 27.9 Å². The van der Waals surface area contributed by atoms with E-state index in [1.807, 2.05) is 19.1 Å². The van der Waals surface area contributed by atoms with Crippen LogP contribution in [0.15, 0.2) is 60.9 Å². The van der Waals surface area contributed by atoms with Crippen LogP contribution in [-0.4, -0.2) is 33.5 Å². The van der Waals surface area contributed by atoms with E-state index in [1.54, 1.807) is 24.5 Å². The summed E-state index contributed by atoms with van der Waals surface area (Å²) in [5, 5.41) is 14.6. The molecule has 1 atom stereocenters. The highest BCUT2D eigenvalue weighted by Gasteiger charge is 2.30. The molecular formula is C25H25F3N4O3. The molecule has 3 rings (SSSR count). The third kappa shape index (κ3) is 7.26. The van der Waals surface area contributed by atoms with E-state index in [-0.39, 0.29) is 24.9 Å². The van der Waals surface area contributed by atoms with Crippen molar-refractivity contribution in [1.82, 2.24) is 15.3 Å². The number of nitrogens with zero attached hydrogens (tertiary/aromatic N) is 2. The number of halogens is 3. The molecule has 0 bridgehead atoms. The fraction of sp³-hybridized carbons (Fsp3) is 0.280. The van der Waals surface area contributed by atoms with E-state index in [2.05, 4.69) is 20.6 Å². The molecule has 0 spiro atoms. The van der Waals surface area contributed by atoms with Crippen LogP contribution >= 0.6 is 0 Å². The lowest BCUT2D eigenvalue weighted by atomic mass is 10.0. The fourth-order valence-electron chi connectivity index (χ4n) is 3.42. The molecule has 0 aliphatic carbocycles. The SMILES string of the molecule is CCC[C@@H](Nc1cnc(-c2ccc(C(F)(F)F)cc2)nc1)c1ccc(C(=O)NCCC(=O)O)cc1. The number of aromatic nitrogens is 2. The molecule has 0 saturated carbocycles. The molecule has 0 aliphatic heterocycles. The number of amides is 1. The molecule has 0 aliphatic rings. The summed E-state index contributed by atoms with van der Waals surface area (Å²) in [6.07, 6.45) is 0.292. The Morgan fingerprint density at radius 1 is 1.00 bits per heavy atom. The maximum atomic E-state index is 12.8. The fourth-order valence-corrected chi connectivity index (χ4v) is 3.42. The van der Waals surface area contributed by atoms with Crippen LogP contribution in [0.25, 0.3) is 11.4 Å². The molecule has 1 amide bonds. The van der Waals surface area contributed by atoms with E-state index in [1.165, 1.54) is 12.1 Å². The van der Waals surface area contributed by atoms with Gasteiger partial charge in [0.25, 0.3) is 5.91 Å². The molecule has 0 fully saturated rings. The van der Waals surface area contributed by atoms with Gasteiger partial charge in [0, 0.05) is 17.7 Å². The molecule has 35 heavy (non-hydrogen) atoms. The highest BCUT2D eigenvalue weighted by atomic mass is 19.4. The Morgan fingerprint density at radius 3 is 2.17 bits per heavy atom. The van der Waals surface area contributed by atoms with Crippen molar-refractivity contribution in [3.05, 3.63) is 77.6 Å². The lowest BCUT2D eigenvalue weighted by Crippen LogP contribution is -2.26. The van der Waals surface area contributed by atoms with E-state index < -0.39 is 17.7 Å². The molecule has 184 valence electrons. The van der Waals surface area contributed by atoms with Gasteiger partial charge in [0.15, 0.2) is 5.82 Å². The molecule has 3 N–H and O–H groups in total. The van der Waals surface area contributed by atoms with Gasteiger partial charge in [0.05, 0.1) is 36.1 Å². The van der Waals surface area contributed by atoms with Gasteiger partial charge in [-0.2, -0.15) is 13.2 Å². The lowest BCUT2D eigenvalue weighted by molar-refractivity contribution is -0.138. The van der Waals surface area contributed by atoms with Crippen LogP contribution in [0, 0.1) is 0 Å². The second kappa shape index (κ2) is 11.5. The summed E-state index contributed by atoms with van der Waals surface area (Å²) < 4.78 is 38.3. The number of carbonyl (C=O) groups excluding carboxylic acids is 1. The van der Waals surface area contributed by atoms with Gasteiger partial charge in [0.2, 0.25) is 0 Å². The van der Waals surface area contributed by atoms with Gasteiger partial charge < -0.3 is 15.7 Å². The predicted molar refractivity (Wildman–Crippen MR) is 125 cm³/mol. The van der Waals surface area contributed by atoms with Crippen LogP contribution in [0.2, 0.25) is 0 Å². The normalized spacial score (nSPS) is 12.1. The number of carboxylic acid groups (broad SMARTS) is 1. The molecule has 2 aromatic carbocycles. The van der Waals surface area contributed by atoms with Crippen molar-refractivity contribution >= 4 is 17.6 Å². The Kier molecular flexibility index (Phi) is 8.40. The quantitative estimate of drug-likeness (QED) is 0.358. The maximum Gasteiger partial charge on any atom is 0.416 e. The van der Waals surface area contributed by atoms with Gasteiger partial charge in [-0.05, 0) is 36.2 Å². The van der Waals surface area contributed by atoms with Crippen molar-refractivity contribution in [1.29, 1.82) is 0 Å². The molecule has 7 nitrogen and oxygen atoms in total. The van der Waals surface area contributed by atoms with Crippen molar-refractivity contribution in [2.75, 3.05) is 11.9 Å². The minimum atomic E-state index is -4.40. The van der Waals surface area contributed by atoms with Crippen molar-refractivity contribution in [3.63, 3.8) is 0 Å². The van der Waals surface area contributed by atoms with Crippen LogP contribution in [0.3, 0.4) is 0 Å². The van der Waals surface area contributed by atoms with E-state index in [9.17, 15) is 22.8 Å². The molecule has 10 heteroatoms. The zero-order valence-corrected chi connectivity index (χ0v) is 19.0. The second-order valence-corrected chi connectivity index (χ2v) is 7.88. The van der Waals surface area contributed by atoms with Gasteiger partial charge in [-0.25, -0.2) is 9.97 Å². The zero-order chi connectivity index (χ0) is 25.4. The van der Waals surface area contributed by atoms with Crippen molar-refractivity contribution in [3.8, 4) is 11.4 Å². The second-order valence-electron chi connectivity index (χ2n) is 7.88. The molecule has 1 aromatic heterocycles. The molecule has 0 saturated heterocycles. The van der Waals surface area contributed by atoms with E-state index >= 15 is 0 Å². The Hall–Kier alpha value is -3.95. The maximum absolute atomic E-state index is 12.8. The number of benzene rings is 2. The van der Waals surface area contributed by atoms with Crippen molar-refractivity contribution in [2.45, 2.75) is 38.4 Å². The summed E-state index contributed by atoms with van der Waals surface area (Å²) in [4.78, 5) is 31.3. The number of alkyl halides is 3. The summed E-state index contributed by atoms with van der Waals surface area (Å²) in [5.74, 6) is -1.01. The van der Waals surface area contributed by atoms with Gasteiger partial charge in [0.1, 0.15) is 0 Å². The first kappa shape index (κ1) is 25.7. The highest BCUT2D eigenvalue weighted by molar-refractivity contribution is 5.94. The average molecular weight is 486 g/mol. The third-order valence-corrected chi connectivity index (χ3v) is 5.24. The van der Waals surface area contributed by atoms with Crippen molar-refractivity contribution in [2.24, 2.45) is 0 Å². The molecule has 0 unspecified atom stereocenters. The smallest absolute Gasteiger partial charge is 0.416 e. The Labute approximate surface area is 200 Å². The average Bonchev–Trinajstić information content (AvgIpc) is 2.83. The number of hydrogen-bond acceptors (Lipinski definition) is 5. The predicted octanol–water partition coefficient (Wildman–Crippen LogP) is 5.32. The van der Waals surface area contributed by atoms with Crippen LogP contribution in [-0.2, 0) is 11.0 Å². The highest BCUT2D eigenvalue weighted by Crippen LogP contribution is 2.30. The number of aliphatic carboxylic acids is 1. The Balaban J connectivity index is 1.67. The molecule has 0 radical (unpaired) electrons. The summed E-state index contributed by atoms with van der Waals surface area (Å²) in [6.45, 7) is 2.10. The standard InChI is InChI=1S/C25H25F3N4O3/c1-2-3-21(16-4-6-18(7-5-16)24(35)29-13-12-22(33)34)32-20-14-30-23(31-15-20)17-8-10-19(11-9-17)25(26,27)28/h4-11,14-15,21,32H,2-3,12-13H2,1H3,(H,29,35)(H,33,34)/t21-/m1/s1. The summed E-state index contributed by atoms with van der Waals surface area (Å²) in [7, 11) is 0. The van der Waals surface area contributed by atoms with E-state index in [0.29, 0.717) is 22.6 Å². The van der Waals surface area contributed by atoms with Crippen LogP contribution in [0.5, 0.6) is 0 Å². The number of carbonyl (C=O) groups is 2. The number of nitrogens with one attached hydrogen (secondary N) is 2.